The van der Waals surface area contributed by atoms with Crippen molar-refractivity contribution in [3.63, 3.8) is 0 Å². The monoisotopic (exact) mass is 396 g/mol. The van der Waals surface area contributed by atoms with Gasteiger partial charge in [-0.25, -0.2) is 17.9 Å². The molecule has 1 atom stereocenters. The highest BCUT2D eigenvalue weighted by molar-refractivity contribution is 7.89. The van der Waals surface area contributed by atoms with E-state index < -0.39 is 22.0 Å². The minimum atomic E-state index is -3.69. The van der Waals surface area contributed by atoms with Crippen LogP contribution in [0, 0.1) is 12.8 Å². The number of benzene rings is 1. The number of ether oxygens (including phenoxy) is 1. The first-order valence-corrected chi connectivity index (χ1v) is 10.5. The van der Waals surface area contributed by atoms with Gasteiger partial charge in [-0.1, -0.05) is 31.5 Å². The van der Waals surface area contributed by atoms with E-state index in [1.54, 1.807) is 37.4 Å². The van der Waals surface area contributed by atoms with E-state index in [2.05, 4.69) is 10.0 Å². The van der Waals surface area contributed by atoms with Gasteiger partial charge in [-0.05, 0) is 31.0 Å². The van der Waals surface area contributed by atoms with E-state index in [0.717, 1.165) is 10.4 Å². The van der Waals surface area contributed by atoms with Crippen LogP contribution in [0.1, 0.15) is 40.7 Å². The number of carbonyl (C=O) groups is 1. The maximum atomic E-state index is 12.8. The number of esters is 1. The fourth-order valence-electron chi connectivity index (χ4n) is 2.49. The summed E-state index contributed by atoms with van der Waals surface area (Å²) in [5, 5.41) is 3.61. The molecule has 8 heteroatoms. The lowest BCUT2D eigenvalue weighted by Gasteiger charge is -2.21. The molecule has 0 bridgehead atoms. The van der Waals surface area contributed by atoms with Crippen molar-refractivity contribution in [2.45, 2.75) is 31.7 Å². The van der Waals surface area contributed by atoms with Gasteiger partial charge in [0.1, 0.15) is 5.00 Å². The van der Waals surface area contributed by atoms with Crippen molar-refractivity contribution < 1.29 is 17.9 Å². The zero-order chi connectivity index (χ0) is 19.5. The smallest absolute Gasteiger partial charge is 0.340 e. The lowest BCUT2D eigenvalue weighted by atomic mass is 10.0. The van der Waals surface area contributed by atoms with Crippen molar-refractivity contribution in [2.75, 3.05) is 19.5 Å². The molecule has 0 amide bonds. The van der Waals surface area contributed by atoms with Crippen LogP contribution in [0.15, 0.2) is 35.2 Å². The van der Waals surface area contributed by atoms with Gasteiger partial charge in [-0.15, -0.1) is 11.3 Å². The molecule has 1 heterocycles. The molecule has 0 aliphatic heterocycles. The van der Waals surface area contributed by atoms with E-state index in [1.807, 2.05) is 20.8 Å². The Balaban J connectivity index is 2.39. The second-order valence-corrected chi connectivity index (χ2v) is 9.09. The zero-order valence-corrected chi connectivity index (χ0v) is 17.1. The molecular weight excluding hydrogens is 372 g/mol. The number of nitrogens with one attached hydrogen (secondary N) is 2. The number of sulfonamides is 1. The lowest BCUT2D eigenvalue weighted by molar-refractivity contribution is 0.0602. The van der Waals surface area contributed by atoms with E-state index in [4.69, 9.17) is 4.74 Å². The number of anilines is 1. The molecule has 0 radical (unpaired) electrons. The van der Waals surface area contributed by atoms with Gasteiger partial charge in [0.15, 0.2) is 0 Å². The number of hydrogen-bond donors (Lipinski definition) is 2. The molecule has 2 rings (SSSR count). The molecule has 26 heavy (non-hydrogen) atoms. The minimum absolute atomic E-state index is 0.0101. The first kappa shape index (κ1) is 20.4. The molecule has 0 aliphatic carbocycles. The Hall–Kier alpha value is -1.90. The number of methoxy groups -OCH3 is 1. The Kier molecular flexibility index (Phi) is 6.44. The van der Waals surface area contributed by atoms with E-state index in [1.165, 1.54) is 18.4 Å². The Morgan fingerprint density at radius 1 is 1.19 bits per heavy atom. The maximum absolute atomic E-state index is 12.8. The van der Waals surface area contributed by atoms with Gasteiger partial charge in [0.05, 0.1) is 23.6 Å². The number of aryl methyl sites for hydroxylation is 1. The molecule has 0 spiro atoms. The molecule has 142 valence electrons. The third kappa shape index (κ3) is 4.44. The van der Waals surface area contributed by atoms with Gasteiger partial charge in [-0.2, -0.15) is 0 Å². The third-order valence-electron chi connectivity index (χ3n) is 3.97. The molecule has 0 unspecified atom stereocenters. The van der Waals surface area contributed by atoms with Crippen molar-refractivity contribution in [1.29, 1.82) is 0 Å². The molecule has 6 nitrogen and oxygen atoms in total. The fraction of sp³-hybridized carbons (Fsp3) is 0.389. The Bertz CT molecular complexity index is 871. The zero-order valence-electron chi connectivity index (χ0n) is 15.5. The summed E-state index contributed by atoms with van der Waals surface area (Å²) in [4.78, 5) is 12.9. The first-order valence-electron chi connectivity index (χ1n) is 8.18. The van der Waals surface area contributed by atoms with Crippen molar-refractivity contribution in [2.24, 2.45) is 5.92 Å². The van der Waals surface area contributed by atoms with Crippen molar-refractivity contribution in [1.82, 2.24) is 4.72 Å². The van der Waals surface area contributed by atoms with E-state index in [0.29, 0.717) is 10.6 Å². The highest BCUT2D eigenvalue weighted by Crippen LogP contribution is 2.36. The summed E-state index contributed by atoms with van der Waals surface area (Å²) >= 11 is 1.34. The SMILES string of the molecule is CNc1sc([C@H](NS(=O)(=O)c2ccc(C)cc2)C(C)C)cc1C(=O)OC. The normalized spacial score (nSPS) is 12.8. The Morgan fingerprint density at radius 2 is 1.81 bits per heavy atom. The van der Waals surface area contributed by atoms with E-state index >= 15 is 0 Å². The minimum Gasteiger partial charge on any atom is -0.465 e. The molecule has 1 aromatic heterocycles. The topological polar surface area (TPSA) is 84.5 Å². The van der Waals surface area contributed by atoms with Gasteiger partial charge >= 0.3 is 5.97 Å². The number of rotatable bonds is 7. The van der Waals surface area contributed by atoms with Gasteiger partial charge in [0.25, 0.3) is 0 Å². The van der Waals surface area contributed by atoms with Crippen molar-refractivity contribution in [3.05, 3.63) is 46.3 Å². The van der Waals surface area contributed by atoms with Crippen LogP contribution in [-0.4, -0.2) is 28.5 Å². The summed E-state index contributed by atoms with van der Waals surface area (Å²) in [6, 6.07) is 7.92. The fourth-order valence-corrected chi connectivity index (χ4v) is 5.15. The summed E-state index contributed by atoms with van der Waals surface area (Å²) < 4.78 is 33.1. The predicted octanol–water partition coefficient (Wildman–Crippen LogP) is 3.56. The summed E-state index contributed by atoms with van der Waals surface area (Å²) in [7, 11) is -0.656. The summed E-state index contributed by atoms with van der Waals surface area (Å²) in [6.45, 7) is 5.76. The largest absolute Gasteiger partial charge is 0.465 e. The maximum Gasteiger partial charge on any atom is 0.340 e. The van der Waals surface area contributed by atoms with Crippen molar-refractivity contribution in [3.8, 4) is 0 Å². The van der Waals surface area contributed by atoms with E-state index in [9.17, 15) is 13.2 Å². The van der Waals surface area contributed by atoms with Gasteiger partial charge in [-0.3, -0.25) is 0 Å². The predicted molar refractivity (Wildman–Crippen MR) is 104 cm³/mol. The quantitative estimate of drug-likeness (QED) is 0.699. The standard InChI is InChI=1S/C18H24N2O4S2/c1-11(2)16(15-10-14(18(21)24-5)17(19-4)25-15)20-26(22,23)13-8-6-12(3)7-9-13/h6-11,16,19-20H,1-5H3/t16-/m1/s1. The van der Waals surface area contributed by atoms with Gasteiger partial charge in [0, 0.05) is 11.9 Å². The Morgan fingerprint density at radius 3 is 2.31 bits per heavy atom. The summed E-state index contributed by atoms with van der Waals surface area (Å²) in [6.07, 6.45) is 0. The Labute approximate surface area is 158 Å². The number of thiophene rings is 1. The number of hydrogen-bond acceptors (Lipinski definition) is 6. The van der Waals surface area contributed by atoms with Crippen LogP contribution < -0.4 is 10.0 Å². The van der Waals surface area contributed by atoms with Crippen LogP contribution in [0.4, 0.5) is 5.00 Å². The lowest BCUT2D eigenvalue weighted by Crippen LogP contribution is -2.31. The second kappa shape index (κ2) is 8.20. The van der Waals surface area contributed by atoms with Gasteiger partial charge < -0.3 is 10.1 Å². The average Bonchev–Trinajstić information content (AvgIpc) is 3.03. The molecule has 0 aliphatic rings. The van der Waals surface area contributed by atoms with Gasteiger partial charge in [0.2, 0.25) is 10.0 Å². The molecular formula is C18H24N2O4S2. The first-order chi connectivity index (χ1) is 12.2. The number of carbonyl (C=O) groups excluding carboxylic acids is 1. The van der Waals surface area contributed by atoms with Crippen LogP contribution in [-0.2, 0) is 14.8 Å². The highest BCUT2D eigenvalue weighted by Gasteiger charge is 2.27. The van der Waals surface area contributed by atoms with Crippen LogP contribution in [0.5, 0.6) is 0 Å². The van der Waals surface area contributed by atoms with Crippen LogP contribution >= 0.6 is 11.3 Å². The molecule has 0 saturated heterocycles. The van der Waals surface area contributed by atoms with Crippen LogP contribution in [0.3, 0.4) is 0 Å². The van der Waals surface area contributed by atoms with Crippen molar-refractivity contribution >= 4 is 32.3 Å². The van der Waals surface area contributed by atoms with Crippen LogP contribution in [0.25, 0.3) is 0 Å². The molecule has 2 aromatic rings. The second-order valence-electron chi connectivity index (χ2n) is 6.29. The summed E-state index contributed by atoms with van der Waals surface area (Å²) in [5.74, 6) is -0.468. The molecule has 2 N–H and O–H groups in total. The average molecular weight is 397 g/mol. The molecule has 1 aromatic carbocycles. The van der Waals surface area contributed by atoms with Crippen LogP contribution in [0.2, 0.25) is 0 Å². The summed E-state index contributed by atoms with van der Waals surface area (Å²) in [5.41, 5.74) is 1.39. The third-order valence-corrected chi connectivity index (χ3v) is 6.66. The molecule has 0 saturated carbocycles. The highest BCUT2D eigenvalue weighted by atomic mass is 32.2. The van der Waals surface area contributed by atoms with E-state index in [-0.39, 0.29) is 10.8 Å². The molecule has 0 fully saturated rings.